The molecule has 0 saturated heterocycles. The number of rotatable bonds is 5. The van der Waals surface area contributed by atoms with Crippen LogP contribution in [0.2, 0.25) is 0 Å². The summed E-state index contributed by atoms with van der Waals surface area (Å²) in [5.74, 6) is -0.375. The van der Waals surface area contributed by atoms with Crippen LogP contribution in [0.25, 0.3) is 0 Å². The second-order valence-electron chi connectivity index (χ2n) is 4.08. The van der Waals surface area contributed by atoms with Gasteiger partial charge in [0.1, 0.15) is 0 Å². The summed E-state index contributed by atoms with van der Waals surface area (Å²) >= 11 is 6.02. The Hall–Kier alpha value is -1.48. The molecule has 0 aromatic carbocycles. The van der Waals surface area contributed by atoms with Crippen molar-refractivity contribution in [2.45, 2.75) is 26.3 Å². The van der Waals surface area contributed by atoms with Crippen molar-refractivity contribution in [2.75, 3.05) is 7.05 Å². The molecule has 23 heavy (non-hydrogen) atoms. The van der Waals surface area contributed by atoms with Gasteiger partial charge in [0.15, 0.2) is 5.78 Å². The number of carbonyl (C=O) groups is 1. The third-order valence-corrected chi connectivity index (χ3v) is 2.39. The zero-order valence-corrected chi connectivity index (χ0v) is 15.7. The molecule has 0 saturated carbocycles. The number of pyridine rings is 1. The summed E-state index contributed by atoms with van der Waals surface area (Å²) in [6, 6.07) is 5.69. The van der Waals surface area contributed by atoms with Crippen LogP contribution in [0.4, 0.5) is 0 Å². The van der Waals surface area contributed by atoms with Gasteiger partial charge in [0.25, 0.3) is 0 Å². The Bertz CT molecular complexity index is 508. The van der Waals surface area contributed by atoms with Gasteiger partial charge < -0.3 is 28.5 Å². The fourth-order valence-electron chi connectivity index (χ4n) is 1.14. The second kappa shape index (κ2) is 15.4. The predicted octanol–water partition coefficient (Wildman–Crippen LogP) is 0.163. The number of allylic oxidation sites excluding steroid dienone is 2. The molecule has 0 spiro atoms. The standard InChI is InChI=1S/C9H14N4S.C5H8O2.O.V/c1-7(12-13-9(14)10-2)8-5-3-4-6-11-8;1-4(6)3-5(2)7;;/h3-6,9-10,13-14H,1-2H3;3,6H,1-2H3;;/q;;;+2/p-2/b12-7+;4-3-;;. The molecule has 1 aromatic rings. The average molecular weight is 375 g/mol. The van der Waals surface area contributed by atoms with Crippen LogP contribution < -0.4 is 15.8 Å². The van der Waals surface area contributed by atoms with Gasteiger partial charge in [0.2, 0.25) is 0 Å². The summed E-state index contributed by atoms with van der Waals surface area (Å²) in [5, 5.41) is 16.9. The zero-order valence-electron chi connectivity index (χ0n) is 13.4. The molecule has 0 aliphatic heterocycles. The molecule has 125 valence electrons. The van der Waals surface area contributed by atoms with Gasteiger partial charge in [-0.2, -0.15) is 5.10 Å². The molecule has 0 aliphatic carbocycles. The van der Waals surface area contributed by atoms with Crippen LogP contribution in [0.3, 0.4) is 0 Å². The van der Waals surface area contributed by atoms with Crippen LogP contribution in [0.5, 0.6) is 0 Å². The van der Waals surface area contributed by atoms with Crippen molar-refractivity contribution >= 4 is 24.1 Å². The van der Waals surface area contributed by atoms with E-state index < -0.39 is 0 Å². The van der Waals surface area contributed by atoms with E-state index in [2.05, 4.69) is 20.8 Å². The Morgan fingerprint density at radius 3 is 2.35 bits per heavy atom. The molecular formula is C14H20N4O3SV. The molecule has 7 nitrogen and oxygen atoms in total. The number of hydrazone groups is 1. The second-order valence-corrected chi connectivity index (χ2v) is 4.55. The van der Waals surface area contributed by atoms with E-state index in [0.717, 1.165) is 34.9 Å². The van der Waals surface area contributed by atoms with Gasteiger partial charge >= 0.3 is 21.0 Å². The third kappa shape index (κ3) is 15.2. The van der Waals surface area contributed by atoms with Crippen LogP contribution >= 0.6 is 0 Å². The maximum atomic E-state index is 9.98. The minimum absolute atomic E-state index is 0.187. The van der Waals surface area contributed by atoms with Crippen molar-refractivity contribution in [2.24, 2.45) is 5.10 Å². The minimum atomic E-state index is -0.256. The molecule has 1 unspecified atom stereocenters. The molecule has 0 radical (unpaired) electrons. The van der Waals surface area contributed by atoms with Crippen molar-refractivity contribution in [1.29, 1.82) is 0 Å². The summed E-state index contributed by atoms with van der Waals surface area (Å²) < 4.78 is 8.19. The van der Waals surface area contributed by atoms with E-state index in [9.17, 15) is 9.90 Å². The first-order valence-electron chi connectivity index (χ1n) is 6.45. The number of aromatic nitrogens is 1. The van der Waals surface area contributed by atoms with Gasteiger partial charge in [-0.25, -0.2) is 0 Å². The first-order chi connectivity index (χ1) is 10.9. The van der Waals surface area contributed by atoms with Gasteiger partial charge in [0, 0.05) is 6.20 Å². The molecule has 0 fully saturated rings. The first kappa shape index (κ1) is 23.8. The number of carbonyl (C=O) groups excluding carboxylic acids is 1. The molecule has 0 aliphatic rings. The zero-order chi connectivity index (χ0) is 18.3. The van der Waals surface area contributed by atoms with Crippen LogP contribution in [0, 0.1) is 0 Å². The van der Waals surface area contributed by atoms with Crippen molar-refractivity contribution in [1.82, 2.24) is 15.7 Å². The normalized spacial score (nSPS) is 12.1. The summed E-state index contributed by atoms with van der Waals surface area (Å²) in [6.07, 6.45) is 2.79. The topological polar surface area (TPSA) is 107 Å². The average Bonchev–Trinajstić information content (AvgIpc) is 2.54. The van der Waals surface area contributed by atoms with E-state index in [1.165, 1.54) is 13.8 Å². The molecule has 0 amide bonds. The van der Waals surface area contributed by atoms with Crippen LogP contribution in [0.15, 0.2) is 41.3 Å². The van der Waals surface area contributed by atoms with Crippen molar-refractivity contribution < 1.29 is 30.9 Å². The molecule has 0 bridgehead atoms. The van der Waals surface area contributed by atoms with Crippen LogP contribution in [-0.4, -0.2) is 29.0 Å². The molecule has 1 heterocycles. The van der Waals surface area contributed by atoms with Gasteiger partial charge in [-0.1, -0.05) is 13.0 Å². The van der Waals surface area contributed by atoms with E-state index in [1.807, 2.05) is 25.1 Å². The fourth-order valence-corrected chi connectivity index (χ4v) is 1.19. The van der Waals surface area contributed by atoms with Gasteiger partial charge in [-0.15, -0.1) is 5.76 Å². The maximum absolute atomic E-state index is 9.98. The monoisotopic (exact) mass is 375 g/mol. The van der Waals surface area contributed by atoms with E-state index >= 15 is 0 Å². The molecule has 9 heteroatoms. The Morgan fingerprint density at radius 2 is 2.00 bits per heavy atom. The van der Waals surface area contributed by atoms with E-state index in [1.54, 1.807) is 13.2 Å². The van der Waals surface area contributed by atoms with Crippen LogP contribution in [-0.2, 0) is 38.5 Å². The molecule has 2 N–H and O–H groups in total. The molecular weight excluding hydrogens is 355 g/mol. The van der Waals surface area contributed by atoms with Gasteiger partial charge in [-0.3, -0.25) is 9.78 Å². The number of hydrogen-bond acceptors (Lipinski definition) is 8. The van der Waals surface area contributed by atoms with Gasteiger partial charge in [-0.05, 0) is 44.6 Å². The van der Waals surface area contributed by atoms with Crippen molar-refractivity contribution in [3.63, 3.8) is 0 Å². The molecule has 1 atom stereocenters. The SMILES string of the molecule is CC(=O)/C=C(/C)[O-].CNC([S-])N/N=C(\C)c1ccccn1.[O]=[V+2]. The van der Waals surface area contributed by atoms with E-state index in [4.69, 9.17) is 16.3 Å². The van der Waals surface area contributed by atoms with Crippen molar-refractivity contribution in [3.05, 3.63) is 41.9 Å². The predicted molar refractivity (Wildman–Crippen MR) is 84.9 cm³/mol. The first-order valence-corrected chi connectivity index (χ1v) is 7.49. The Labute approximate surface area is 151 Å². The Kier molecular flexibility index (Phi) is 15.9. The summed E-state index contributed by atoms with van der Waals surface area (Å²) in [5.41, 5.74) is 4.19. The fraction of sp³-hybridized carbons (Fsp3) is 0.357. The number of hydrogen-bond donors (Lipinski definition) is 2. The number of nitrogens with zero attached hydrogens (tertiary/aromatic N) is 2. The number of ketones is 1. The number of nitrogens with one attached hydrogen (secondary N) is 2. The molecule has 1 aromatic heterocycles. The van der Waals surface area contributed by atoms with Crippen LogP contribution in [0.1, 0.15) is 26.5 Å². The third-order valence-electron chi connectivity index (χ3n) is 2.05. The summed E-state index contributed by atoms with van der Waals surface area (Å²) in [4.78, 5) is 14.1. The van der Waals surface area contributed by atoms with E-state index in [0.29, 0.717) is 0 Å². The summed E-state index contributed by atoms with van der Waals surface area (Å²) in [7, 11) is 1.77. The summed E-state index contributed by atoms with van der Waals surface area (Å²) in [6.45, 7) is 4.58. The van der Waals surface area contributed by atoms with Gasteiger partial charge in [0.05, 0.1) is 11.4 Å². The quantitative estimate of drug-likeness (QED) is 0.189. The molecule has 1 rings (SSSR count). The van der Waals surface area contributed by atoms with Crippen molar-refractivity contribution in [3.8, 4) is 0 Å². The Morgan fingerprint density at radius 1 is 1.39 bits per heavy atom. The van der Waals surface area contributed by atoms with E-state index in [-0.39, 0.29) is 17.0 Å². The Balaban J connectivity index is 0.